The van der Waals surface area contributed by atoms with Gasteiger partial charge in [-0.15, -0.1) is 10.2 Å². The zero-order chi connectivity index (χ0) is 20.9. The number of anilines is 1. The van der Waals surface area contributed by atoms with Crippen LogP contribution in [-0.2, 0) is 17.6 Å². The molecule has 0 aliphatic carbocycles. The van der Waals surface area contributed by atoms with Gasteiger partial charge in [0.25, 0.3) is 11.1 Å². The standard InChI is InChI=1S/C22H23N5O2S/c1-2-14-7-3-5-9-18(14)25-20(28)13-30-22-27-26-21(29-22)17(23)11-15-12-24-19-10-6-4-8-16(15)19/h3-10,12,17,24H,2,11,13,23H2,1H3,(H,25,28)/p+1/t17-/m0/s1. The van der Waals surface area contributed by atoms with E-state index in [1.165, 1.54) is 17.1 Å². The number of nitrogens with zero attached hydrogens (tertiary/aromatic N) is 2. The molecule has 0 aliphatic heterocycles. The topological polar surface area (TPSA) is 111 Å². The maximum absolute atomic E-state index is 12.3. The molecule has 30 heavy (non-hydrogen) atoms. The average Bonchev–Trinajstić information content (AvgIpc) is 3.40. The van der Waals surface area contributed by atoms with Gasteiger partial charge < -0.3 is 20.5 Å². The Morgan fingerprint density at radius 3 is 2.83 bits per heavy atom. The van der Waals surface area contributed by atoms with Crippen LogP contribution >= 0.6 is 11.8 Å². The Hall–Kier alpha value is -3.10. The minimum atomic E-state index is -0.170. The van der Waals surface area contributed by atoms with Gasteiger partial charge in [-0.3, -0.25) is 4.79 Å². The molecule has 154 valence electrons. The smallest absolute Gasteiger partial charge is 0.277 e. The summed E-state index contributed by atoms with van der Waals surface area (Å²) in [6.07, 6.45) is 3.54. The number of hydrogen-bond donors (Lipinski definition) is 3. The van der Waals surface area contributed by atoms with E-state index >= 15 is 0 Å². The second-order valence-corrected chi connectivity index (χ2v) is 7.94. The number of hydrogen-bond acceptors (Lipinski definition) is 5. The summed E-state index contributed by atoms with van der Waals surface area (Å²) in [5.41, 5.74) is 8.37. The van der Waals surface area contributed by atoms with Gasteiger partial charge in [0.2, 0.25) is 5.91 Å². The maximum Gasteiger partial charge on any atom is 0.277 e. The maximum atomic E-state index is 12.3. The van der Waals surface area contributed by atoms with E-state index in [0.29, 0.717) is 17.5 Å². The van der Waals surface area contributed by atoms with Crippen molar-refractivity contribution in [3.63, 3.8) is 0 Å². The van der Waals surface area contributed by atoms with Crippen LogP contribution in [0.25, 0.3) is 10.9 Å². The number of amides is 1. The van der Waals surface area contributed by atoms with Crippen molar-refractivity contribution in [3.05, 3.63) is 71.7 Å². The van der Waals surface area contributed by atoms with E-state index in [0.717, 1.165) is 28.8 Å². The van der Waals surface area contributed by atoms with Crippen molar-refractivity contribution in [3.8, 4) is 0 Å². The summed E-state index contributed by atoms with van der Waals surface area (Å²) in [4.78, 5) is 15.6. The summed E-state index contributed by atoms with van der Waals surface area (Å²) in [6.45, 7) is 2.06. The summed E-state index contributed by atoms with van der Waals surface area (Å²) < 4.78 is 5.74. The van der Waals surface area contributed by atoms with Crippen LogP contribution in [0.5, 0.6) is 0 Å². The number of benzene rings is 2. The van der Waals surface area contributed by atoms with Crippen LogP contribution in [0.15, 0.2) is 64.4 Å². The lowest BCUT2D eigenvalue weighted by molar-refractivity contribution is -0.431. The van der Waals surface area contributed by atoms with E-state index in [9.17, 15) is 4.79 Å². The highest BCUT2D eigenvalue weighted by Crippen LogP contribution is 2.24. The number of nitrogens with one attached hydrogen (secondary N) is 2. The van der Waals surface area contributed by atoms with E-state index in [2.05, 4.69) is 39.2 Å². The number of fused-ring (bicyclic) bond motifs is 1. The summed E-state index contributed by atoms with van der Waals surface area (Å²) in [5, 5.41) is 12.7. The van der Waals surface area contributed by atoms with Crippen LogP contribution in [0, 0.1) is 0 Å². The molecule has 0 radical (unpaired) electrons. The molecule has 2 aromatic heterocycles. The van der Waals surface area contributed by atoms with Gasteiger partial charge in [-0.1, -0.05) is 55.1 Å². The Balaban J connectivity index is 1.34. The molecule has 2 heterocycles. The van der Waals surface area contributed by atoms with Gasteiger partial charge in [0, 0.05) is 29.2 Å². The van der Waals surface area contributed by atoms with Gasteiger partial charge in [-0.25, -0.2) is 0 Å². The number of aromatic nitrogens is 3. The molecular formula is C22H24N5O2S+. The quantitative estimate of drug-likeness (QED) is 0.377. The molecule has 7 nitrogen and oxygen atoms in total. The Morgan fingerprint density at radius 2 is 1.97 bits per heavy atom. The van der Waals surface area contributed by atoms with Crippen LogP contribution in [0.4, 0.5) is 5.69 Å². The molecule has 4 rings (SSSR count). The Morgan fingerprint density at radius 1 is 1.17 bits per heavy atom. The molecule has 2 aromatic carbocycles. The first kappa shape index (κ1) is 20.2. The van der Waals surface area contributed by atoms with Crippen molar-refractivity contribution in [1.82, 2.24) is 15.2 Å². The van der Waals surface area contributed by atoms with Gasteiger partial charge >= 0.3 is 0 Å². The Kier molecular flexibility index (Phi) is 6.15. The highest BCUT2D eigenvalue weighted by atomic mass is 32.2. The van der Waals surface area contributed by atoms with Gasteiger partial charge in [0.05, 0.1) is 5.75 Å². The SMILES string of the molecule is CCc1ccccc1NC(=O)CSc1nnc([C@@H]([NH3+])Cc2c[nH]c3ccccc23)o1. The third kappa shape index (κ3) is 4.55. The lowest BCUT2D eigenvalue weighted by Crippen LogP contribution is -2.54. The molecule has 0 unspecified atom stereocenters. The molecule has 5 N–H and O–H groups in total. The predicted octanol–water partition coefficient (Wildman–Crippen LogP) is 3.37. The summed E-state index contributed by atoms with van der Waals surface area (Å²) in [7, 11) is 0. The summed E-state index contributed by atoms with van der Waals surface area (Å²) in [6, 6.07) is 15.8. The fourth-order valence-electron chi connectivity index (χ4n) is 3.36. The number of carbonyl (C=O) groups excluding carboxylic acids is 1. The zero-order valence-electron chi connectivity index (χ0n) is 16.7. The van der Waals surface area contributed by atoms with Gasteiger partial charge in [0.15, 0.2) is 6.04 Å². The molecule has 0 spiro atoms. The zero-order valence-corrected chi connectivity index (χ0v) is 17.5. The fourth-order valence-corrected chi connectivity index (χ4v) is 3.93. The molecule has 0 saturated carbocycles. The monoisotopic (exact) mass is 422 g/mol. The summed E-state index contributed by atoms with van der Waals surface area (Å²) >= 11 is 1.22. The molecule has 8 heteroatoms. The van der Waals surface area contributed by atoms with E-state index in [1.807, 2.05) is 48.7 Å². The first-order chi connectivity index (χ1) is 14.6. The van der Waals surface area contributed by atoms with E-state index in [-0.39, 0.29) is 17.7 Å². The minimum Gasteiger partial charge on any atom is -0.410 e. The van der Waals surface area contributed by atoms with Gasteiger partial charge in [-0.05, 0) is 29.7 Å². The molecule has 0 fully saturated rings. The summed E-state index contributed by atoms with van der Waals surface area (Å²) in [5.74, 6) is 0.564. The second kappa shape index (κ2) is 9.15. The van der Waals surface area contributed by atoms with Crippen molar-refractivity contribution in [2.75, 3.05) is 11.1 Å². The highest BCUT2D eigenvalue weighted by Gasteiger charge is 2.20. The minimum absolute atomic E-state index is 0.106. The molecule has 0 saturated heterocycles. The van der Waals surface area contributed by atoms with Crippen LogP contribution in [0.1, 0.15) is 30.0 Å². The van der Waals surface area contributed by atoms with Crippen molar-refractivity contribution in [2.24, 2.45) is 0 Å². The van der Waals surface area contributed by atoms with Crippen LogP contribution in [-0.4, -0.2) is 26.8 Å². The third-order valence-electron chi connectivity index (χ3n) is 4.91. The van der Waals surface area contributed by atoms with Crippen molar-refractivity contribution < 1.29 is 14.9 Å². The Bertz CT molecular complexity index is 1150. The number of thioether (sulfide) groups is 1. The normalized spacial score (nSPS) is 12.2. The van der Waals surface area contributed by atoms with Crippen LogP contribution in [0.2, 0.25) is 0 Å². The first-order valence-electron chi connectivity index (χ1n) is 9.86. The van der Waals surface area contributed by atoms with E-state index < -0.39 is 0 Å². The lowest BCUT2D eigenvalue weighted by Gasteiger charge is -2.08. The largest absolute Gasteiger partial charge is 0.410 e. The van der Waals surface area contributed by atoms with Gasteiger partial charge in [-0.2, -0.15) is 0 Å². The third-order valence-corrected chi connectivity index (χ3v) is 5.73. The number of para-hydroxylation sites is 2. The van der Waals surface area contributed by atoms with Crippen molar-refractivity contribution in [1.29, 1.82) is 0 Å². The first-order valence-corrected chi connectivity index (χ1v) is 10.8. The number of aryl methyl sites for hydroxylation is 1. The molecule has 0 aliphatic rings. The van der Waals surface area contributed by atoms with E-state index in [1.54, 1.807) is 0 Å². The molecule has 1 amide bonds. The number of H-pyrrole nitrogens is 1. The number of aromatic amines is 1. The predicted molar refractivity (Wildman–Crippen MR) is 117 cm³/mol. The second-order valence-electron chi connectivity index (χ2n) is 7.01. The van der Waals surface area contributed by atoms with Crippen LogP contribution < -0.4 is 11.1 Å². The van der Waals surface area contributed by atoms with Crippen molar-refractivity contribution in [2.45, 2.75) is 31.0 Å². The Labute approximate surface area is 178 Å². The molecule has 4 aromatic rings. The number of carbonyl (C=O) groups is 1. The lowest BCUT2D eigenvalue weighted by atomic mass is 10.1. The van der Waals surface area contributed by atoms with Crippen LogP contribution in [0.3, 0.4) is 0 Å². The highest BCUT2D eigenvalue weighted by molar-refractivity contribution is 7.99. The van der Waals surface area contributed by atoms with E-state index in [4.69, 9.17) is 4.42 Å². The molecule has 1 atom stereocenters. The number of quaternary nitrogens is 1. The molecule has 0 bridgehead atoms. The number of rotatable bonds is 8. The fraction of sp³-hybridized carbons (Fsp3) is 0.227. The van der Waals surface area contributed by atoms with Gasteiger partial charge in [0.1, 0.15) is 0 Å². The van der Waals surface area contributed by atoms with Crippen molar-refractivity contribution >= 4 is 34.3 Å². The average molecular weight is 423 g/mol. The molecular weight excluding hydrogens is 398 g/mol.